The van der Waals surface area contributed by atoms with Crippen LogP contribution in [0.5, 0.6) is 0 Å². The summed E-state index contributed by atoms with van der Waals surface area (Å²) < 4.78 is 1.77. The number of ketones is 1. The van der Waals surface area contributed by atoms with E-state index in [1.807, 2.05) is 11.4 Å². The molecule has 0 N–H and O–H groups in total. The highest BCUT2D eigenvalue weighted by molar-refractivity contribution is 8.00. The van der Waals surface area contributed by atoms with Crippen LogP contribution in [0.1, 0.15) is 24.1 Å². The van der Waals surface area contributed by atoms with Crippen molar-refractivity contribution in [2.24, 2.45) is 0 Å². The Labute approximate surface area is 113 Å². The SMILES string of the molecule is O=C1CCC[C@H]1Sc1nnnn1Cc1cccs1. The van der Waals surface area contributed by atoms with Crippen molar-refractivity contribution in [3.05, 3.63) is 22.4 Å². The molecule has 0 bridgehead atoms. The number of hydrogen-bond acceptors (Lipinski definition) is 6. The molecule has 0 amide bonds. The monoisotopic (exact) mass is 280 g/mol. The standard InChI is InChI=1S/C11H12N4OS2/c16-9-4-1-5-10(9)18-11-12-13-14-15(11)7-8-3-2-6-17-8/h2-3,6,10H,1,4-5,7H2/t10-/m1/s1. The first-order valence-corrected chi connectivity index (χ1v) is 7.57. The third-order valence-electron chi connectivity index (χ3n) is 2.88. The summed E-state index contributed by atoms with van der Waals surface area (Å²) in [5, 5.41) is 14.5. The van der Waals surface area contributed by atoms with Crippen LogP contribution in [0.25, 0.3) is 0 Å². The van der Waals surface area contributed by atoms with Crippen LogP contribution in [0, 0.1) is 0 Å². The molecule has 0 spiro atoms. The number of thioether (sulfide) groups is 1. The highest BCUT2D eigenvalue weighted by Gasteiger charge is 2.27. The summed E-state index contributed by atoms with van der Waals surface area (Å²) in [4.78, 5) is 12.8. The first-order chi connectivity index (χ1) is 8.83. The number of carbonyl (C=O) groups excluding carboxylic acids is 1. The number of aromatic nitrogens is 4. The highest BCUT2D eigenvalue weighted by atomic mass is 32.2. The average Bonchev–Trinajstić information content (AvgIpc) is 3.06. The van der Waals surface area contributed by atoms with Crippen molar-refractivity contribution in [2.45, 2.75) is 36.2 Å². The van der Waals surface area contributed by atoms with Crippen molar-refractivity contribution < 1.29 is 4.79 Å². The van der Waals surface area contributed by atoms with Gasteiger partial charge in [-0.15, -0.1) is 16.4 Å². The van der Waals surface area contributed by atoms with Crippen molar-refractivity contribution in [1.82, 2.24) is 20.2 Å². The molecular formula is C11H12N4OS2. The molecule has 0 saturated heterocycles. The predicted octanol–water partition coefficient (Wildman–Crippen LogP) is 2.00. The molecular weight excluding hydrogens is 268 g/mol. The molecule has 5 nitrogen and oxygen atoms in total. The van der Waals surface area contributed by atoms with E-state index in [9.17, 15) is 4.79 Å². The lowest BCUT2D eigenvalue weighted by molar-refractivity contribution is -0.116. The molecule has 0 radical (unpaired) electrons. The second kappa shape index (κ2) is 5.19. The Bertz CT molecular complexity index is 537. The number of tetrazole rings is 1. The topological polar surface area (TPSA) is 60.7 Å². The number of thiophene rings is 1. The molecule has 3 rings (SSSR count). The van der Waals surface area contributed by atoms with Crippen LogP contribution in [-0.2, 0) is 11.3 Å². The number of carbonyl (C=O) groups is 1. The van der Waals surface area contributed by atoms with Crippen LogP contribution >= 0.6 is 23.1 Å². The Balaban J connectivity index is 1.73. The van der Waals surface area contributed by atoms with Gasteiger partial charge in [-0.2, -0.15) is 0 Å². The number of Topliss-reactive ketones (excluding diaryl/α,β-unsaturated/α-hetero) is 1. The van der Waals surface area contributed by atoms with Gasteiger partial charge in [0.1, 0.15) is 5.78 Å². The first kappa shape index (κ1) is 11.9. The third kappa shape index (κ3) is 2.46. The molecule has 1 aliphatic carbocycles. The molecule has 1 saturated carbocycles. The van der Waals surface area contributed by atoms with E-state index >= 15 is 0 Å². The van der Waals surface area contributed by atoms with Crippen molar-refractivity contribution in [3.8, 4) is 0 Å². The minimum Gasteiger partial charge on any atom is -0.298 e. The fourth-order valence-corrected chi connectivity index (χ4v) is 3.75. The van der Waals surface area contributed by atoms with Crippen LogP contribution in [-0.4, -0.2) is 31.2 Å². The van der Waals surface area contributed by atoms with E-state index in [2.05, 4.69) is 21.6 Å². The molecule has 0 aliphatic heterocycles. The van der Waals surface area contributed by atoms with Crippen LogP contribution in [0.2, 0.25) is 0 Å². The zero-order valence-electron chi connectivity index (χ0n) is 9.65. The Morgan fingerprint density at radius 1 is 1.56 bits per heavy atom. The van der Waals surface area contributed by atoms with E-state index in [4.69, 9.17) is 0 Å². The van der Waals surface area contributed by atoms with Crippen LogP contribution < -0.4 is 0 Å². The van der Waals surface area contributed by atoms with Crippen LogP contribution in [0.3, 0.4) is 0 Å². The Hall–Kier alpha value is -1.21. The van der Waals surface area contributed by atoms with Crippen molar-refractivity contribution >= 4 is 28.9 Å². The maximum atomic E-state index is 11.6. The lowest BCUT2D eigenvalue weighted by Gasteiger charge is -2.06. The van der Waals surface area contributed by atoms with E-state index < -0.39 is 0 Å². The van der Waals surface area contributed by atoms with Gasteiger partial charge >= 0.3 is 0 Å². The van der Waals surface area contributed by atoms with Crippen molar-refractivity contribution in [1.29, 1.82) is 0 Å². The summed E-state index contributed by atoms with van der Waals surface area (Å²) in [5.41, 5.74) is 0. The molecule has 1 aliphatic rings. The van der Waals surface area contributed by atoms with Gasteiger partial charge in [-0.05, 0) is 34.7 Å². The number of nitrogens with zero attached hydrogens (tertiary/aromatic N) is 4. The summed E-state index contributed by atoms with van der Waals surface area (Å²) >= 11 is 3.18. The van der Waals surface area contributed by atoms with Gasteiger partial charge in [0.15, 0.2) is 0 Å². The van der Waals surface area contributed by atoms with Gasteiger partial charge in [0.25, 0.3) is 0 Å². The Morgan fingerprint density at radius 2 is 2.50 bits per heavy atom. The highest BCUT2D eigenvalue weighted by Crippen LogP contribution is 2.31. The molecule has 18 heavy (non-hydrogen) atoms. The average molecular weight is 280 g/mol. The van der Waals surface area contributed by atoms with Crippen molar-refractivity contribution in [3.63, 3.8) is 0 Å². The van der Waals surface area contributed by atoms with Gasteiger partial charge in [-0.1, -0.05) is 17.8 Å². The summed E-state index contributed by atoms with van der Waals surface area (Å²) in [6.07, 6.45) is 2.63. The quantitative estimate of drug-likeness (QED) is 0.857. The van der Waals surface area contributed by atoms with E-state index in [1.165, 1.54) is 16.6 Å². The van der Waals surface area contributed by atoms with Crippen LogP contribution in [0.4, 0.5) is 0 Å². The van der Waals surface area contributed by atoms with E-state index in [0.717, 1.165) is 18.0 Å². The van der Waals surface area contributed by atoms with E-state index in [0.29, 0.717) is 18.7 Å². The molecule has 2 heterocycles. The molecule has 7 heteroatoms. The fraction of sp³-hybridized carbons (Fsp3) is 0.455. The van der Waals surface area contributed by atoms with Gasteiger partial charge < -0.3 is 0 Å². The number of rotatable bonds is 4. The minimum absolute atomic E-state index is 0.0399. The van der Waals surface area contributed by atoms with E-state index in [-0.39, 0.29) is 5.25 Å². The Kier molecular flexibility index (Phi) is 3.42. The summed E-state index contributed by atoms with van der Waals surface area (Å²) in [6.45, 7) is 0.675. The second-order valence-corrected chi connectivity index (χ2v) is 6.37. The third-order valence-corrected chi connectivity index (χ3v) is 5.03. The molecule has 0 aromatic carbocycles. The second-order valence-electron chi connectivity index (χ2n) is 4.16. The molecule has 1 atom stereocenters. The van der Waals surface area contributed by atoms with E-state index in [1.54, 1.807) is 16.0 Å². The largest absolute Gasteiger partial charge is 0.298 e. The lowest BCUT2D eigenvalue weighted by Crippen LogP contribution is -2.11. The summed E-state index contributed by atoms with van der Waals surface area (Å²) in [6, 6.07) is 4.07. The molecule has 2 aromatic heterocycles. The van der Waals surface area contributed by atoms with Gasteiger partial charge in [-0.25, -0.2) is 4.68 Å². The van der Waals surface area contributed by atoms with Gasteiger partial charge in [-0.3, -0.25) is 4.79 Å². The zero-order valence-corrected chi connectivity index (χ0v) is 11.3. The maximum absolute atomic E-state index is 11.6. The van der Waals surface area contributed by atoms with Crippen molar-refractivity contribution in [2.75, 3.05) is 0 Å². The number of hydrogen-bond donors (Lipinski definition) is 0. The molecule has 0 unspecified atom stereocenters. The van der Waals surface area contributed by atoms with Gasteiger partial charge in [0.2, 0.25) is 5.16 Å². The Morgan fingerprint density at radius 3 is 3.22 bits per heavy atom. The lowest BCUT2D eigenvalue weighted by atomic mass is 10.3. The van der Waals surface area contributed by atoms with Gasteiger partial charge in [0, 0.05) is 11.3 Å². The summed E-state index contributed by atoms with van der Waals surface area (Å²) in [5.74, 6) is 0.325. The molecule has 94 valence electrons. The first-order valence-electron chi connectivity index (χ1n) is 5.81. The summed E-state index contributed by atoms with van der Waals surface area (Å²) in [7, 11) is 0. The smallest absolute Gasteiger partial charge is 0.210 e. The van der Waals surface area contributed by atoms with Crippen LogP contribution in [0.15, 0.2) is 22.7 Å². The minimum atomic E-state index is 0.0399. The normalized spacial score (nSPS) is 19.6. The molecule has 1 fully saturated rings. The maximum Gasteiger partial charge on any atom is 0.210 e. The molecule has 2 aromatic rings. The predicted molar refractivity (Wildman–Crippen MR) is 69.7 cm³/mol. The van der Waals surface area contributed by atoms with Gasteiger partial charge in [0.05, 0.1) is 11.8 Å². The fourth-order valence-electron chi connectivity index (χ4n) is 1.97. The zero-order chi connectivity index (χ0) is 12.4.